The Kier molecular flexibility index (Phi) is 5.05. The molecule has 4 rings (SSSR count). The molecule has 1 saturated heterocycles. The number of carbonyl (C=O) groups is 2. The van der Waals surface area contributed by atoms with Crippen molar-refractivity contribution in [3.63, 3.8) is 0 Å². The van der Waals surface area contributed by atoms with Gasteiger partial charge in [-0.3, -0.25) is 9.78 Å². The highest BCUT2D eigenvalue weighted by molar-refractivity contribution is 5.84. The molecule has 1 aliphatic carbocycles. The molecule has 2 heterocycles. The van der Waals surface area contributed by atoms with Gasteiger partial charge in [-0.2, -0.15) is 0 Å². The highest BCUT2D eigenvalue weighted by Gasteiger charge is 2.41. The lowest BCUT2D eigenvalue weighted by molar-refractivity contribution is -0.123. The van der Waals surface area contributed by atoms with Crippen molar-refractivity contribution in [3.05, 3.63) is 66.0 Å². The number of benzene rings is 1. The number of aromatic nitrogens is 1. The number of nitrogens with zero attached hydrogens (tertiary/aromatic N) is 2. The zero-order chi connectivity index (χ0) is 18.6. The van der Waals surface area contributed by atoms with Crippen molar-refractivity contribution in [1.82, 2.24) is 15.2 Å². The van der Waals surface area contributed by atoms with E-state index in [2.05, 4.69) is 10.3 Å². The number of hydrogen-bond donors (Lipinski definition) is 1. The fourth-order valence-corrected chi connectivity index (χ4v) is 3.44. The van der Waals surface area contributed by atoms with Crippen molar-refractivity contribution in [2.24, 2.45) is 0 Å². The average molecular weight is 365 g/mol. The Morgan fingerprint density at radius 2 is 1.96 bits per heavy atom. The SMILES string of the molecule is O=C(NCC1CN(C2CC2)C(=O)O1)C(Cc1ccccn1)c1ccccc1. The molecule has 6 nitrogen and oxygen atoms in total. The summed E-state index contributed by atoms with van der Waals surface area (Å²) in [4.78, 5) is 30.9. The van der Waals surface area contributed by atoms with Gasteiger partial charge in [-0.15, -0.1) is 0 Å². The maximum Gasteiger partial charge on any atom is 0.410 e. The minimum Gasteiger partial charge on any atom is -0.442 e. The molecule has 2 aliphatic rings. The van der Waals surface area contributed by atoms with Gasteiger partial charge in [0.05, 0.1) is 19.0 Å². The molecule has 2 aromatic rings. The number of amides is 2. The molecule has 0 spiro atoms. The van der Waals surface area contributed by atoms with Gasteiger partial charge in [0.2, 0.25) is 5.91 Å². The van der Waals surface area contributed by atoms with Gasteiger partial charge in [0, 0.05) is 24.4 Å². The Labute approximate surface area is 158 Å². The molecule has 140 valence electrons. The van der Waals surface area contributed by atoms with Crippen molar-refractivity contribution < 1.29 is 14.3 Å². The van der Waals surface area contributed by atoms with E-state index < -0.39 is 0 Å². The molecule has 2 amide bonds. The number of pyridine rings is 1. The first-order valence-corrected chi connectivity index (χ1v) is 9.40. The normalized spacial score (nSPS) is 20.2. The number of rotatable bonds is 7. The summed E-state index contributed by atoms with van der Waals surface area (Å²) in [6, 6.07) is 15.8. The zero-order valence-corrected chi connectivity index (χ0v) is 15.1. The molecule has 2 atom stereocenters. The number of ether oxygens (including phenoxy) is 1. The standard InChI is InChI=1S/C21H23N3O3/c25-20(23-13-18-14-24(17-9-10-17)21(26)27-18)19(15-6-2-1-3-7-15)12-16-8-4-5-11-22-16/h1-8,11,17-19H,9-10,12-14H2,(H,23,25). The summed E-state index contributed by atoms with van der Waals surface area (Å²) in [5, 5.41) is 2.97. The van der Waals surface area contributed by atoms with Crippen molar-refractivity contribution in [2.45, 2.75) is 37.3 Å². The van der Waals surface area contributed by atoms with E-state index in [0.717, 1.165) is 24.1 Å². The topological polar surface area (TPSA) is 71.5 Å². The molecule has 1 aromatic carbocycles. The van der Waals surface area contributed by atoms with Gasteiger partial charge >= 0.3 is 6.09 Å². The lowest BCUT2D eigenvalue weighted by Gasteiger charge is -2.18. The number of carbonyl (C=O) groups excluding carboxylic acids is 2. The van der Waals surface area contributed by atoms with E-state index in [1.54, 1.807) is 11.1 Å². The monoisotopic (exact) mass is 365 g/mol. The van der Waals surface area contributed by atoms with E-state index in [1.807, 2.05) is 48.5 Å². The summed E-state index contributed by atoms with van der Waals surface area (Å²) in [5.41, 5.74) is 1.82. The number of cyclic esters (lactones) is 1. The second-order valence-electron chi connectivity index (χ2n) is 7.12. The Bertz CT molecular complexity index is 793. The molecular weight excluding hydrogens is 342 g/mol. The summed E-state index contributed by atoms with van der Waals surface area (Å²) >= 11 is 0. The molecule has 27 heavy (non-hydrogen) atoms. The first kappa shape index (κ1) is 17.5. The molecule has 2 unspecified atom stereocenters. The molecule has 2 fully saturated rings. The summed E-state index contributed by atoms with van der Waals surface area (Å²) in [5.74, 6) is -0.412. The lowest BCUT2D eigenvalue weighted by Crippen LogP contribution is -2.38. The van der Waals surface area contributed by atoms with Crippen molar-refractivity contribution >= 4 is 12.0 Å². The highest BCUT2D eigenvalue weighted by atomic mass is 16.6. The van der Waals surface area contributed by atoms with Crippen LogP contribution in [0.25, 0.3) is 0 Å². The first-order chi connectivity index (χ1) is 13.2. The molecule has 1 aliphatic heterocycles. The van der Waals surface area contributed by atoms with E-state index >= 15 is 0 Å². The summed E-state index contributed by atoms with van der Waals surface area (Å²) < 4.78 is 5.39. The van der Waals surface area contributed by atoms with Gasteiger partial charge in [0.25, 0.3) is 0 Å². The van der Waals surface area contributed by atoms with Crippen LogP contribution in [-0.4, -0.2) is 47.1 Å². The molecule has 6 heteroatoms. The summed E-state index contributed by atoms with van der Waals surface area (Å²) in [6.45, 7) is 0.888. The predicted molar refractivity (Wildman–Crippen MR) is 100 cm³/mol. The second kappa shape index (κ2) is 7.78. The van der Waals surface area contributed by atoms with Crippen molar-refractivity contribution in [2.75, 3.05) is 13.1 Å². The minimum absolute atomic E-state index is 0.0761. The van der Waals surface area contributed by atoms with Gasteiger partial charge in [0.1, 0.15) is 6.10 Å². The van der Waals surface area contributed by atoms with E-state index in [0.29, 0.717) is 25.6 Å². The summed E-state index contributed by atoms with van der Waals surface area (Å²) in [6.07, 6.45) is 3.82. The lowest BCUT2D eigenvalue weighted by atomic mass is 9.93. The fourth-order valence-electron chi connectivity index (χ4n) is 3.44. The molecule has 1 aromatic heterocycles. The van der Waals surface area contributed by atoms with Gasteiger partial charge in [0.15, 0.2) is 0 Å². The van der Waals surface area contributed by atoms with Crippen LogP contribution in [0.3, 0.4) is 0 Å². The molecule has 1 saturated carbocycles. The molecular formula is C21H23N3O3. The van der Waals surface area contributed by atoms with Crippen LogP contribution in [0.4, 0.5) is 4.79 Å². The van der Waals surface area contributed by atoms with Gasteiger partial charge in [-0.25, -0.2) is 4.79 Å². The zero-order valence-electron chi connectivity index (χ0n) is 15.1. The van der Waals surface area contributed by atoms with Crippen LogP contribution in [0.1, 0.15) is 30.0 Å². The van der Waals surface area contributed by atoms with Gasteiger partial charge < -0.3 is 15.0 Å². The largest absolute Gasteiger partial charge is 0.442 e. The van der Waals surface area contributed by atoms with Gasteiger partial charge in [-0.05, 0) is 30.5 Å². The maximum atomic E-state index is 12.9. The molecule has 1 N–H and O–H groups in total. The van der Waals surface area contributed by atoms with Crippen LogP contribution in [0.2, 0.25) is 0 Å². The predicted octanol–water partition coefficient (Wildman–Crippen LogP) is 2.51. The van der Waals surface area contributed by atoms with Crippen molar-refractivity contribution in [1.29, 1.82) is 0 Å². The Morgan fingerprint density at radius 3 is 2.67 bits per heavy atom. The fraction of sp³-hybridized carbons (Fsp3) is 0.381. The third-order valence-electron chi connectivity index (χ3n) is 5.05. The Balaban J connectivity index is 1.40. The number of hydrogen-bond acceptors (Lipinski definition) is 4. The summed E-state index contributed by atoms with van der Waals surface area (Å²) in [7, 11) is 0. The van der Waals surface area contributed by atoms with E-state index in [-0.39, 0.29) is 24.0 Å². The van der Waals surface area contributed by atoms with E-state index in [1.165, 1.54) is 0 Å². The van der Waals surface area contributed by atoms with Crippen LogP contribution >= 0.6 is 0 Å². The minimum atomic E-state index is -0.335. The van der Waals surface area contributed by atoms with E-state index in [9.17, 15) is 9.59 Å². The van der Waals surface area contributed by atoms with Crippen LogP contribution in [0, 0.1) is 0 Å². The van der Waals surface area contributed by atoms with Crippen LogP contribution < -0.4 is 5.32 Å². The van der Waals surface area contributed by atoms with Crippen LogP contribution in [0.15, 0.2) is 54.7 Å². The average Bonchev–Trinajstić information content (AvgIpc) is 3.48. The third-order valence-corrected chi connectivity index (χ3v) is 5.05. The second-order valence-corrected chi connectivity index (χ2v) is 7.12. The molecule has 0 radical (unpaired) electrons. The maximum absolute atomic E-state index is 12.9. The van der Waals surface area contributed by atoms with Crippen LogP contribution in [-0.2, 0) is 16.0 Å². The third kappa shape index (κ3) is 4.27. The van der Waals surface area contributed by atoms with E-state index in [4.69, 9.17) is 4.74 Å². The Hall–Kier alpha value is -2.89. The highest BCUT2D eigenvalue weighted by Crippen LogP contribution is 2.30. The number of nitrogens with one attached hydrogen (secondary N) is 1. The van der Waals surface area contributed by atoms with Crippen LogP contribution in [0.5, 0.6) is 0 Å². The quantitative estimate of drug-likeness (QED) is 0.818. The van der Waals surface area contributed by atoms with Crippen molar-refractivity contribution in [3.8, 4) is 0 Å². The first-order valence-electron chi connectivity index (χ1n) is 9.40. The smallest absolute Gasteiger partial charge is 0.410 e. The molecule has 0 bridgehead atoms. The Morgan fingerprint density at radius 1 is 1.19 bits per heavy atom. The van der Waals surface area contributed by atoms with Gasteiger partial charge in [-0.1, -0.05) is 36.4 Å².